The monoisotopic (exact) mass is 284 g/mol. The third kappa shape index (κ3) is 3.53. The fraction of sp³-hybridized carbons (Fsp3) is 1.00. The summed E-state index contributed by atoms with van der Waals surface area (Å²) in [6.07, 6.45) is 8.82. The molecule has 1 saturated heterocycles. The summed E-state index contributed by atoms with van der Waals surface area (Å²) in [5.74, 6) is 6.88. The van der Waals surface area contributed by atoms with Gasteiger partial charge in [0, 0.05) is 13.7 Å². The van der Waals surface area contributed by atoms with E-state index < -0.39 is 0 Å². The number of nitrogens with one attached hydrogen (secondary N) is 1. The highest BCUT2D eigenvalue weighted by atomic mass is 16.5. The number of nitrogens with two attached hydrogens (primary N) is 1. The first-order valence-corrected chi connectivity index (χ1v) is 8.25. The van der Waals surface area contributed by atoms with Crippen molar-refractivity contribution in [1.29, 1.82) is 0 Å². The lowest BCUT2D eigenvalue weighted by Crippen LogP contribution is -2.55. The standard InChI is InChI=1S/C16H32N2O2/c1-12(2)15(19-3)14(18-17)13-7-10-20-16(11-13)8-5-4-6-9-16/h12-15,18H,4-11,17H2,1-3H3. The Labute approximate surface area is 123 Å². The first-order chi connectivity index (χ1) is 9.62. The average molecular weight is 284 g/mol. The number of hydrogen-bond donors (Lipinski definition) is 2. The van der Waals surface area contributed by atoms with E-state index in [0.29, 0.717) is 11.8 Å². The van der Waals surface area contributed by atoms with Crippen LogP contribution in [0.2, 0.25) is 0 Å². The van der Waals surface area contributed by atoms with Crippen LogP contribution in [-0.2, 0) is 9.47 Å². The Bertz CT molecular complexity index is 285. The van der Waals surface area contributed by atoms with Crippen molar-refractivity contribution in [3.8, 4) is 0 Å². The molecule has 1 heterocycles. The largest absolute Gasteiger partial charge is 0.380 e. The Kier molecular flexibility index (Phi) is 5.84. The van der Waals surface area contributed by atoms with Crippen molar-refractivity contribution < 1.29 is 9.47 Å². The van der Waals surface area contributed by atoms with Crippen LogP contribution < -0.4 is 11.3 Å². The molecule has 2 rings (SSSR count). The third-order valence-corrected chi connectivity index (χ3v) is 5.28. The van der Waals surface area contributed by atoms with Gasteiger partial charge in [-0.05, 0) is 37.5 Å². The molecule has 0 amide bonds. The van der Waals surface area contributed by atoms with Gasteiger partial charge in [0.25, 0.3) is 0 Å². The molecule has 4 nitrogen and oxygen atoms in total. The maximum Gasteiger partial charge on any atom is 0.0763 e. The van der Waals surface area contributed by atoms with Crippen LogP contribution in [0, 0.1) is 11.8 Å². The molecule has 3 atom stereocenters. The molecule has 1 aliphatic heterocycles. The molecule has 2 fully saturated rings. The molecule has 1 saturated carbocycles. The summed E-state index contributed by atoms with van der Waals surface area (Å²) in [4.78, 5) is 0. The van der Waals surface area contributed by atoms with Gasteiger partial charge in [-0.25, -0.2) is 0 Å². The molecule has 1 aliphatic carbocycles. The number of hydrogen-bond acceptors (Lipinski definition) is 4. The fourth-order valence-corrected chi connectivity index (χ4v) is 4.25. The summed E-state index contributed by atoms with van der Waals surface area (Å²) < 4.78 is 11.9. The summed E-state index contributed by atoms with van der Waals surface area (Å²) in [6, 6.07) is 0.225. The maximum atomic E-state index is 6.20. The SMILES string of the molecule is COC(C(C)C)C(NN)C1CCOC2(CCCCC2)C1. The molecule has 4 heteroatoms. The van der Waals surface area contributed by atoms with Gasteiger partial charge in [-0.15, -0.1) is 0 Å². The molecule has 0 aromatic heterocycles. The second kappa shape index (κ2) is 7.21. The number of methoxy groups -OCH3 is 1. The lowest BCUT2D eigenvalue weighted by atomic mass is 9.72. The number of hydrazine groups is 1. The third-order valence-electron chi connectivity index (χ3n) is 5.28. The Morgan fingerprint density at radius 3 is 2.50 bits per heavy atom. The summed E-state index contributed by atoms with van der Waals surface area (Å²) in [5.41, 5.74) is 3.18. The van der Waals surface area contributed by atoms with Crippen LogP contribution in [0.15, 0.2) is 0 Å². The first kappa shape index (κ1) is 16.2. The van der Waals surface area contributed by atoms with E-state index in [-0.39, 0.29) is 17.7 Å². The van der Waals surface area contributed by atoms with E-state index in [0.717, 1.165) is 19.4 Å². The van der Waals surface area contributed by atoms with Gasteiger partial charge >= 0.3 is 0 Å². The molecule has 1 spiro atoms. The van der Waals surface area contributed by atoms with Gasteiger partial charge in [-0.1, -0.05) is 33.1 Å². The lowest BCUT2D eigenvalue weighted by molar-refractivity contribution is -0.130. The van der Waals surface area contributed by atoms with Crippen LogP contribution in [0.3, 0.4) is 0 Å². The van der Waals surface area contributed by atoms with Crippen molar-refractivity contribution in [3.63, 3.8) is 0 Å². The van der Waals surface area contributed by atoms with Gasteiger partial charge in [0.2, 0.25) is 0 Å². The van der Waals surface area contributed by atoms with Crippen molar-refractivity contribution in [1.82, 2.24) is 5.43 Å². The zero-order valence-electron chi connectivity index (χ0n) is 13.4. The molecule has 0 aromatic rings. The first-order valence-electron chi connectivity index (χ1n) is 8.25. The summed E-state index contributed by atoms with van der Waals surface area (Å²) >= 11 is 0. The van der Waals surface area contributed by atoms with Gasteiger partial charge in [0.05, 0.1) is 17.7 Å². The predicted molar refractivity (Wildman–Crippen MR) is 81.2 cm³/mol. The van der Waals surface area contributed by atoms with Gasteiger partial charge in [0.15, 0.2) is 0 Å². The molecule has 20 heavy (non-hydrogen) atoms. The van der Waals surface area contributed by atoms with Crippen molar-refractivity contribution in [2.75, 3.05) is 13.7 Å². The van der Waals surface area contributed by atoms with Crippen LogP contribution in [0.25, 0.3) is 0 Å². The summed E-state index contributed by atoms with van der Waals surface area (Å²) in [6.45, 7) is 5.28. The highest BCUT2D eigenvalue weighted by Crippen LogP contribution is 2.42. The smallest absolute Gasteiger partial charge is 0.0763 e. The Hall–Kier alpha value is -0.160. The minimum Gasteiger partial charge on any atom is -0.380 e. The van der Waals surface area contributed by atoms with Gasteiger partial charge in [-0.3, -0.25) is 11.3 Å². The minimum absolute atomic E-state index is 0.130. The Balaban J connectivity index is 2.05. The number of rotatable bonds is 5. The summed E-state index contributed by atoms with van der Waals surface area (Å²) in [7, 11) is 1.80. The van der Waals surface area contributed by atoms with Crippen LogP contribution in [-0.4, -0.2) is 31.5 Å². The zero-order chi connectivity index (χ0) is 14.6. The average Bonchev–Trinajstić information content (AvgIpc) is 2.45. The van der Waals surface area contributed by atoms with Crippen molar-refractivity contribution in [2.45, 2.75) is 76.5 Å². The molecule has 0 bridgehead atoms. The predicted octanol–water partition coefficient (Wildman–Crippen LogP) is 2.62. The minimum atomic E-state index is 0.130. The zero-order valence-corrected chi connectivity index (χ0v) is 13.4. The van der Waals surface area contributed by atoms with E-state index in [9.17, 15) is 0 Å². The van der Waals surface area contributed by atoms with E-state index in [1.807, 2.05) is 0 Å². The van der Waals surface area contributed by atoms with Crippen LogP contribution in [0.1, 0.15) is 58.8 Å². The van der Waals surface area contributed by atoms with E-state index in [4.69, 9.17) is 15.3 Å². The second-order valence-corrected chi connectivity index (χ2v) is 6.98. The van der Waals surface area contributed by atoms with Gasteiger partial charge in [0.1, 0.15) is 0 Å². The van der Waals surface area contributed by atoms with Crippen molar-refractivity contribution >= 4 is 0 Å². The molecule has 3 unspecified atom stereocenters. The van der Waals surface area contributed by atoms with Crippen molar-refractivity contribution in [3.05, 3.63) is 0 Å². The lowest BCUT2D eigenvalue weighted by Gasteiger charge is -2.46. The fourth-order valence-electron chi connectivity index (χ4n) is 4.25. The number of ether oxygens (including phenoxy) is 2. The molecule has 0 aromatic carbocycles. The Morgan fingerprint density at radius 2 is 1.95 bits per heavy atom. The van der Waals surface area contributed by atoms with Crippen LogP contribution in [0.5, 0.6) is 0 Å². The second-order valence-electron chi connectivity index (χ2n) is 6.98. The molecule has 3 N–H and O–H groups in total. The topological polar surface area (TPSA) is 56.5 Å². The van der Waals surface area contributed by atoms with E-state index in [1.54, 1.807) is 7.11 Å². The van der Waals surface area contributed by atoms with E-state index in [2.05, 4.69) is 19.3 Å². The quantitative estimate of drug-likeness (QED) is 0.602. The molecule has 0 radical (unpaired) electrons. The normalized spacial score (nSPS) is 29.6. The van der Waals surface area contributed by atoms with E-state index >= 15 is 0 Å². The highest BCUT2D eigenvalue weighted by Gasteiger charge is 2.42. The Morgan fingerprint density at radius 1 is 1.25 bits per heavy atom. The molecular formula is C16H32N2O2. The highest BCUT2D eigenvalue weighted by molar-refractivity contribution is 4.95. The molecule has 2 aliphatic rings. The van der Waals surface area contributed by atoms with Crippen LogP contribution in [0.4, 0.5) is 0 Å². The molecular weight excluding hydrogens is 252 g/mol. The molecule has 118 valence electrons. The van der Waals surface area contributed by atoms with Gasteiger partial charge < -0.3 is 9.47 Å². The van der Waals surface area contributed by atoms with Crippen LogP contribution >= 0.6 is 0 Å². The maximum absolute atomic E-state index is 6.20. The van der Waals surface area contributed by atoms with Gasteiger partial charge in [-0.2, -0.15) is 0 Å². The van der Waals surface area contributed by atoms with Crippen molar-refractivity contribution in [2.24, 2.45) is 17.7 Å². The summed E-state index contributed by atoms with van der Waals surface area (Å²) in [5, 5.41) is 0. The van der Waals surface area contributed by atoms with E-state index in [1.165, 1.54) is 32.1 Å².